The van der Waals surface area contributed by atoms with Crippen LogP contribution in [0.25, 0.3) is 0 Å². The van der Waals surface area contributed by atoms with E-state index in [1.807, 2.05) is 18.2 Å². The van der Waals surface area contributed by atoms with Crippen LogP contribution >= 0.6 is 0 Å². The van der Waals surface area contributed by atoms with Crippen LogP contribution in [-0.2, 0) is 0 Å². The normalized spacial score (nSPS) is 22.8. The highest BCUT2D eigenvalue weighted by Gasteiger charge is 2.42. The molecule has 4 nitrogen and oxygen atoms in total. The van der Waals surface area contributed by atoms with Gasteiger partial charge in [0.25, 0.3) is 0 Å². The van der Waals surface area contributed by atoms with E-state index < -0.39 is 12.1 Å². The van der Waals surface area contributed by atoms with Crippen molar-refractivity contribution in [3.63, 3.8) is 0 Å². The molecule has 1 aromatic carbocycles. The number of urea groups is 1. The summed E-state index contributed by atoms with van der Waals surface area (Å²) in [6.07, 6.45) is -2.10. The third kappa shape index (κ3) is 4.58. The van der Waals surface area contributed by atoms with E-state index in [9.17, 15) is 18.0 Å². The standard InChI is InChI=1S/C18H24F3N3O/c19-18(20,21)14-5-4-10-24(13-14)17(25)22-15-8-11-23(12-9-15)16-6-2-1-3-7-16/h1-3,6-7,14-15H,4-5,8-13H2,(H,22,25). The van der Waals surface area contributed by atoms with Gasteiger partial charge in [-0.15, -0.1) is 0 Å². The minimum absolute atomic E-state index is 0.0266. The molecular formula is C18H24F3N3O. The maximum atomic E-state index is 12.9. The predicted molar refractivity (Wildman–Crippen MR) is 90.6 cm³/mol. The Kier molecular flexibility index (Phi) is 5.39. The van der Waals surface area contributed by atoms with E-state index in [-0.39, 0.29) is 25.0 Å². The van der Waals surface area contributed by atoms with Crippen LogP contribution < -0.4 is 10.2 Å². The molecule has 0 radical (unpaired) electrons. The fourth-order valence-electron chi connectivity index (χ4n) is 3.62. The van der Waals surface area contributed by atoms with Crippen molar-refractivity contribution in [1.82, 2.24) is 10.2 Å². The number of halogens is 3. The molecule has 0 bridgehead atoms. The highest BCUT2D eigenvalue weighted by molar-refractivity contribution is 5.74. The Morgan fingerprint density at radius 3 is 2.36 bits per heavy atom. The lowest BCUT2D eigenvalue weighted by Gasteiger charge is -2.37. The van der Waals surface area contributed by atoms with Crippen LogP contribution in [0.4, 0.5) is 23.7 Å². The van der Waals surface area contributed by atoms with Gasteiger partial charge in [0.1, 0.15) is 0 Å². The Morgan fingerprint density at radius 2 is 1.72 bits per heavy atom. The maximum absolute atomic E-state index is 12.9. The van der Waals surface area contributed by atoms with Gasteiger partial charge >= 0.3 is 12.2 Å². The van der Waals surface area contributed by atoms with Gasteiger partial charge in [0.15, 0.2) is 0 Å². The number of hydrogen-bond donors (Lipinski definition) is 1. The molecule has 2 aliphatic rings. The maximum Gasteiger partial charge on any atom is 0.393 e. The first-order valence-electron chi connectivity index (χ1n) is 8.85. The summed E-state index contributed by atoms with van der Waals surface area (Å²) in [5.74, 6) is -1.40. The summed E-state index contributed by atoms with van der Waals surface area (Å²) in [4.78, 5) is 15.9. The average molecular weight is 355 g/mol. The van der Waals surface area contributed by atoms with Gasteiger partial charge in [-0.2, -0.15) is 13.2 Å². The van der Waals surface area contributed by atoms with Crippen molar-refractivity contribution in [2.75, 3.05) is 31.1 Å². The van der Waals surface area contributed by atoms with Crippen molar-refractivity contribution in [1.29, 1.82) is 0 Å². The third-order valence-corrected chi connectivity index (χ3v) is 5.12. The van der Waals surface area contributed by atoms with Crippen molar-refractivity contribution in [3.8, 4) is 0 Å². The molecular weight excluding hydrogens is 331 g/mol. The van der Waals surface area contributed by atoms with E-state index in [4.69, 9.17) is 0 Å². The number of benzene rings is 1. The summed E-state index contributed by atoms with van der Waals surface area (Å²) >= 11 is 0. The predicted octanol–water partition coefficient (Wildman–Crippen LogP) is 3.64. The zero-order chi connectivity index (χ0) is 17.9. The molecule has 2 aliphatic heterocycles. The highest BCUT2D eigenvalue weighted by Crippen LogP contribution is 2.33. The number of amides is 2. The number of hydrogen-bond acceptors (Lipinski definition) is 2. The molecule has 1 N–H and O–H groups in total. The van der Waals surface area contributed by atoms with Crippen LogP contribution in [0.2, 0.25) is 0 Å². The number of carbonyl (C=O) groups is 1. The minimum Gasteiger partial charge on any atom is -0.371 e. The second-order valence-corrected chi connectivity index (χ2v) is 6.87. The number of nitrogens with one attached hydrogen (secondary N) is 1. The first-order valence-corrected chi connectivity index (χ1v) is 8.85. The fraction of sp³-hybridized carbons (Fsp3) is 0.611. The molecule has 0 aromatic heterocycles. The lowest BCUT2D eigenvalue weighted by molar-refractivity contribution is -0.184. The van der Waals surface area contributed by atoms with E-state index in [0.717, 1.165) is 31.6 Å². The van der Waals surface area contributed by atoms with Gasteiger partial charge in [-0.25, -0.2) is 4.79 Å². The molecule has 25 heavy (non-hydrogen) atoms. The number of alkyl halides is 3. The Morgan fingerprint density at radius 1 is 1.04 bits per heavy atom. The fourth-order valence-corrected chi connectivity index (χ4v) is 3.62. The smallest absolute Gasteiger partial charge is 0.371 e. The van der Waals surface area contributed by atoms with Crippen molar-refractivity contribution in [2.24, 2.45) is 5.92 Å². The SMILES string of the molecule is O=C(NC1CCN(c2ccccc2)CC1)N1CCCC(C(F)(F)F)C1. The summed E-state index contributed by atoms with van der Waals surface area (Å²) in [6.45, 7) is 1.85. The third-order valence-electron chi connectivity index (χ3n) is 5.12. The van der Waals surface area contributed by atoms with Gasteiger partial charge in [0, 0.05) is 37.9 Å². The Labute approximate surface area is 146 Å². The average Bonchev–Trinajstić information content (AvgIpc) is 2.62. The molecule has 1 atom stereocenters. The van der Waals surface area contributed by atoms with Crippen LogP contribution in [0.15, 0.2) is 30.3 Å². The molecule has 138 valence electrons. The monoisotopic (exact) mass is 355 g/mol. The lowest BCUT2D eigenvalue weighted by atomic mass is 9.98. The summed E-state index contributed by atoms with van der Waals surface area (Å²) in [6, 6.07) is 9.76. The number of rotatable bonds is 2. The number of para-hydroxylation sites is 1. The Bertz CT molecular complexity index is 571. The number of likely N-dealkylation sites (tertiary alicyclic amines) is 1. The molecule has 3 rings (SSSR count). The molecule has 2 amide bonds. The summed E-state index contributed by atoms with van der Waals surface area (Å²) in [5.41, 5.74) is 1.16. The van der Waals surface area contributed by atoms with Gasteiger partial charge < -0.3 is 15.1 Å². The Balaban J connectivity index is 1.48. The van der Waals surface area contributed by atoms with Gasteiger partial charge in [0.05, 0.1) is 5.92 Å². The zero-order valence-corrected chi connectivity index (χ0v) is 14.1. The highest BCUT2D eigenvalue weighted by atomic mass is 19.4. The minimum atomic E-state index is -4.22. The van der Waals surface area contributed by atoms with Crippen LogP contribution in [0.5, 0.6) is 0 Å². The molecule has 2 fully saturated rings. The van der Waals surface area contributed by atoms with E-state index in [1.54, 1.807) is 0 Å². The second-order valence-electron chi connectivity index (χ2n) is 6.87. The first-order chi connectivity index (χ1) is 11.9. The molecule has 0 spiro atoms. The van der Waals surface area contributed by atoms with Gasteiger partial charge in [-0.3, -0.25) is 0 Å². The van der Waals surface area contributed by atoms with Crippen molar-refractivity contribution in [2.45, 2.75) is 37.9 Å². The quantitative estimate of drug-likeness (QED) is 0.879. The largest absolute Gasteiger partial charge is 0.393 e. The number of carbonyl (C=O) groups excluding carboxylic acids is 1. The van der Waals surface area contributed by atoms with Crippen LogP contribution in [0.1, 0.15) is 25.7 Å². The van der Waals surface area contributed by atoms with E-state index >= 15 is 0 Å². The van der Waals surface area contributed by atoms with E-state index in [0.29, 0.717) is 13.0 Å². The van der Waals surface area contributed by atoms with Crippen LogP contribution in [0.3, 0.4) is 0 Å². The molecule has 7 heteroatoms. The summed E-state index contributed by atoms with van der Waals surface area (Å²) < 4.78 is 38.6. The first kappa shape index (κ1) is 17.9. The number of anilines is 1. The van der Waals surface area contributed by atoms with Gasteiger partial charge in [-0.05, 0) is 37.8 Å². The lowest BCUT2D eigenvalue weighted by Crippen LogP contribution is -2.52. The molecule has 2 heterocycles. The van der Waals surface area contributed by atoms with Gasteiger partial charge in [-0.1, -0.05) is 18.2 Å². The summed E-state index contributed by atoms with van der Waals surface area (Å²) in [5, 5.41) is 2.93. The molecule has 2 saturated heterocycles. The number of nitrogens with zero attached hydrogens (tertiary/aromatic N) is 2. The van der Waals surface area contributed by atoms with Crippen molar-refractivity contribution in [3.05, 3.63) is 30.3 Å². The second kappa shape index (κ2) is 7.54. The number of piperidine rings is 2. The molecule has 0 saturated carbocycles. The van der Waals surface area contributed by atoms with E-state index in [1.165, 1.54) is 4.90 Å². The Hall–Kier alpha value is -1.92. The van der Waals surface area contributed by atoms with Gasteiger partial charge in [0.2, 0.25) is 0 Å². The molecule has 0 aliphatic carbocycles. The topological polar surface area (TPSA) is 35.6 Å². The molecule has 1 unspecified atom stereocenters. The summed E-state index contributed by atoms with van der Waals surface area (Å²) in [7, 11) is 0. The van der Waals surface area contributed by atoms with Crippen LogP contribution in [-0.4, -0.2) is 49.3 Å². The van der Waals surface area contributed by atoms with Crippen molar-refractivity contribution < 1.29 is 18.0 Å². The molecule has 1 aromatic rings. The van der Waals surface area contributed by atoms with E-state index in [2.05, 4.69) is 22.3 Å². The van der Waals surface area contributed by atoms with Crippen LogP contribution in [0, 0.1) is 5.92 Å². The zero-order valence-electron chi connectivity index (χ0n) is 14.1. The van der Waals surface area contributed by atoms with Crippen molar-refractivity contribution >= 4 is 11.7 Å².